The van der Waals surface area contributed by atoms with Crippen LogP contribution in [0.25, 0.3) is 0 Å². The second kappa shape index (κ2) is 5.54. The number of rotatable bonds is 4. The number of carbonyl (C=O) groups is 1. The van der Waals surface area contributed by atoms with Crippen molar-refractivity contribution in [2.45, 2.75) is 13.0 Å². The number of nitrogens with one attached hydrogen (secondary N) is 1. The summed E-state index contributed by atoms with van der Waals surface area (Å²) in [4.78, 5) is 12.2. The van der Waals surface area contributed by atoms with E-state index in [1.54, 1.807) is 0 Å². The fraction of sp³-hybridized carbons (Fsp3) is 0.462. The Morgan fingerprint density at radius 3 is 2.94 bits per heavy atom. The normalized spacial score (nSPS) is 23.3. The third kappa shape index (κ3) is 2.57. The van der Waals surface area contributed by atoms with Gasteiger partial charge in [0.15, 0.2) is 5.78 Å². The molecule has 2 rings (SSSR count). The number of hydrogen-bond acceptors (Lipinski definition) is 3. The highest BCUT2D eigenvalue weighted by atomic mass is 19.1. The molecular weight excluding hydrogens is 240 g/mol. The second-order valence-electron chi connectivity index (χ2n) is 4.30. The molecule has 1 fully saturated rings. The molecule has 0 bridgehead atoms. The molecule has 0 aliphatic carbocycles. The van der Waals surface area contributed by atoms with Crippen LogP contribution in [0.1, 0.15) is 17.3 Å². The zero-order chi connectivity index (χ0) is 13.1. The Balaban J connectivity index is 2.22. The van der Waals surface area contributed by atoms with E-state index in [1.165, 1.54) is 0 Å². The average molecular weight is 255 g/mol. The van der Waals surface area contributed by atoms with Crippen molar-refractivity contribution in [3.8, 4) is 0 Å². The molecule has 1 saturated heterocycles. The molecule has 2 unspecified atom stereocenters. The first-order chi connectivity index (χ1) is 8.63. The molecule has 3 nitrogen and oxygen atoms in total. The number of likely N-dealkylation sites (N-methyl/N-ethyl adjacent to an activating group) is 1. The van der Waals surface area contributed by atoms with E-state index in [0.717, 1.165) is 18.2 Å². The lowest BCUT2D eigenvalue weighted by atomic mass is 9.93. The molecular formula is C13H15F2NO2. The molecule has 5 heteroatoms. The standard InChI is InChI=1S/C13H15F2NO2/c1-2-16-12-7-18-6-10(12)13(17)9-5-8(14)3-4-11(9)15/h3-5,10,12,16H,2,6-7H2,1H3. The highest BCUT2D eigenvalue weighted by molar-refractivity contribution is 5.98. The van der Waals surface area contributed by atoms with E-state index in [9.17, 15) is 13.6 Å². The molecule has 0 radical (unpaired) electrons. The predicted octanol–water partition coefficient (Wildman–Crippen LogP) is 1.77. The molecule has 0 amide bonds. The summed E-state index contributed by atoms with van der Waals surface area (Å²) in [6.07, 6.45) is 0. The van der Waals surface area contributed by atoms with Gasteiger partial charge < -0.3 is 10.1 Å². The largest absolute Gasteiger partial charge is 0.379 e. The summed E-state index contributed by atoms with van der Waals surface area (Å²) in [5, 5.41) is 3.12. The summed E-state index contributed by atoms with van der Waals surface area (Å²) in [6.45, 7) is 3.28. The van der Waals surface area contributed by atoms with Gasteiger partial charge in [-0.05, 0) is 24.7 Å². The van der Waals surface area contributed by atoms with Gasteiger partial charge in [-0.25, -0.2) is 8.78 Å². The minimum atomic E-state index is -0.691. The first-order valence-corrected chi connectivity index (χ1v) is 5.94. The third-order valence-electron chi connectivity index (χ3n) is 3.08. The number of halogens is 2. The quantitative estimate of drug-likeness (QED) is 0.833. The van der Waals surface area contributed by atoms with E-state index >= 15 is 0 Å². The highest BCUT2D eigenvalue weighted by Crippen LogP contribution is 2.21. The highest BCUT2D eigenvalue weighted by Gasteiger charge is 2.35. The lowest BCUT2D eigenvalue weighted by molar-refractivity contribution is 0.0887. The molecule has 0 saturated carbocycles. The third-order valence-corrected chi connectivity index (χ3v) is 3.08. The Bertz CT molecular complexity index is 451. The number of benzene rings is 1. The summed E-state index contributed by atoms with van der Waals surface area (Å²) >= 11 is 0. The summed E-state index contributed by atoms with van der Waals surface area (Å²) in [5.41, 5.74) is -0.201. The molecule has 1 aromatic carbocycles. The molecule has 18 heavy (non-hydrogen) atoms. The van der Waals surface area contributed by atoms with Crippen LogP contribution < -0.4 is 5.32 Å². The van der Waals surface area contributed by atoms with Gasteiger partial charge in [-0.1, -0.05) is 6.92 Å². The molecule has 1 N–H and O–H groups in total. The summed E-state index contributed by atoms with van der Waals surface area (Å²) in [5.74, 6) is -2.17. The molecule has 1 heterocycles. The van der Waals surface area contributed by atoms with E-state index in [2.05, 4.69) is 5.32 Å². The van der Waals surface area contributed by atoms with Crippen LogP contribution in [0.3, 0.4) is 0 Å². The van der Waals surface area contributed by atoms with Crippen molar-refractivity contribution in [2.24, 2.45) is 5.92 Å². The van der Waals surface area contributed by atoms with Crippen LogP contribution in [0.2, 0.25) is 0 Å². The fourth-order valence-electron chi connectivity index (χ4n) is 2.16. The first-order valence-electron chi connectivity index (χ1n) is 5.94. The smallest absolute Gasteiger partial charge is 0.172 e. The SMILES string of the molecule is CCNC1COCC1C(=O)c1cc(F)ccc1F. The maximum atomic E-state index is 13.5. The second-order valence-corrected chi connectivity index (χ2v) is 4.30. The van der Waals surface area contributed by atoms with E-state index in [-0.39, 0.29) is 18.2 Å². The first kappa shape index (κ1) is 13.1. The van der Waals surface area contributed by atoms with Crippen molar-refractivity contribution in [3.05, 3.63) is 35.4 Å². The van der Waals surface area contributed by atoms with Gasteiger partial charge in [-0.2, -0.15) is 0 Å². The van der Waals surface area contributed by atoms with Crippen molar-refractivity contribution in [2.75, 3.05) is 19.8 Å². The molecule has 1 aromatic rings. The van der Waals surface area contributed by atoms with Gasteiger partial charge in [0.25, 0.3) is 0 Å². The summed E-state index contributed by atoms with van der Waals surface area (Å²) in [6, 6.07) is 2.78. The zero-order valence-electron chi connectivity index (χ0n) is 10.1. The van der Waals surface area contributed by atoms with E-state index in [0.29, 0.717) is 13.2 Å². The van der Waals surface area contributed by atoms with Crippen LogP contribution in [-0.4, -0.2) is 31.6 Å². The monoisotopic (exact) mass is 255 g/mol. The fourth-order valence-corrected chi connectivity index (χ4v) is 2.16. The minimum absolute atomic E-state index is 0.134. The number of Topliss-reactive ketones (excluding diaryl/α,β-unsaturated/α-hetero) is 1. The Morgan fingerprint density at radius 2 is 2.22 bits per heavy atom. The molecule has 2 atom stereocenters. The lowest BCUT2D eigenvalue weighted by Crippen LogP contribution is -2.39. The molecule has 1 aliphatic heterocycles. The maximum Gasteiger partial charge on any atom is 0.172 e. The lowest BCUT2D eigenvalue weighted by Gasteiger charge is -2.17. The minimum Gasteiger partial charge on any atom is -0.379 e. The van der Waals surface area contributed by atoms with Crippen molar-refractivity contribution in [1.82, 2.24) is 5.32 Å². The van der Waals surface area contributed by atoms with Gasteiger partial charge in [0.05, 0.1) is 24.7 Å². The van der Waals surface area contributed by atoms with Gasteiger partial charge in [0, 0.05) is 6.04 Å². The summed E-state index contributed by atoms with van der Waals surface area (Å²) < 4.78 is 31.8. The van der Waals surface area contributed by atoms with Gasteiger partial charge in [-0.15, -0.1) is 0 Å². The number of hydrogen-bond donors (Lipinski definition) is 1. The van der Waals surface area contributed by atoms with Crippen LogP contribution in [0.5, 0.6) is 0 Å². The van der Waals surface area contributed by atoms with E-state index in [1.807, 2.05) is 6.92 Å². The van der Waals surface area contributed by atoms with Crippen molar-refractivity contribution in [1.29, 1.82) is 0 Å². The van der Waals surface area contributed by atoms with E-state index in [4.69, 9.17) is 4.74 Å². The summed E-state index contributed by atoms with van der Waals surface area (Å²) in [7, 11) is 0. The predicted molar refractivity (Wildman–Crippen MR) is 62.5 cm³/mol. The zero-order valence-corrected chi connectivity index (χ0v) is 10.1. The Morgan fingerprint density at radius 1 is 1.44 bits per heavy atom. The Hall–Kier alpha value is -1.33. The van der Waals surface area contributed by atoms with Crippen LogP contribution in [0, 0.1) is 17.6 Å². The van der Waals surface area contributed by atoms with Crippen molar-refractivity contribution in [3.63, 3.8) is 0 Å². The van der Waals surface area contributed by atoms with Gasteiger partial charge >= 0.3 is 0 Å². The van der Waals surface area contributed by atoms with Crippen molar-refractivity contribution < 1.29 is 18.3 Å². The van der Waals surface area contributed by atoms with E-state index < -0.39 is 23.3 Å². The van der Waals surface area contributed by atoms with Crippen LogP contribution in [0.15, 0.2) is 18.2 Å². The van der Waals surface area contributed by atoms with Crippen molar-refractivity contribution >= 4 is 5.78 Å². The molecule has 0 aromatic heterocycles. The van der Waals surface area contributed by atoms with Crippen LogP contribution in [0.4, 0.5) is 8.78 Å². The molecule has 98 valence electrons. The van der Waals surface area contributed by atoms with Crippen LogP contribution >= 0.6 is 0 Å². The maximum absolute atomic E-state index is 13.5. The average Bonchev–Trinajstić information content (AvgIpc) is 2.80. The van der Waals surface area contributed by atoms with Gasteiger partial charge in [0.1, 0.15) is 11.6 Å². The Labute approximate surface area is 104 Å². The molecule has 1 aliphatic rings. The van der Waals surface area contributed by atoms with Gasteiger partial charge in [0.2, 0.25) is 0 Å². The number of carbonyl (C=O) groups excluding carboxylic acids is 1. The topological polar surface area (TPSA) is 38.3 Å². The number of ketones is 1. The number of ether oxygens (including phenoxy) is 1. The van der Waals surface area contributed by atoms with Gasteiger partial charge in [-0.3, -0.25) is 4.79 Å². The molecule has 0 spiro atoms. The van der Waals surface area contributed by atoms with Crippen LogP contribution in [-0.2, 0) is 4.74 Å². The Kier molecular flexibility index (Phi) is 4.04.